The van der Waals surface area contributed by atoms with Crippen LogP contribution >= 0.6 is 0 Å². The van der Waals surface area contributed by atoms with E-state index in [-0.39, 0.29) is 43.0 Å². The molecule has 1 aliphatic rings. The van der Waals surface area contributed by atoms with Crippen LogP contribution in [0.1, 0.15) is 39.1 Å². The quantitative estimate of drug-likeness (QED) is 0.453. The number of nitrogens with zero attached hydrogens (tertiary/aromatic N) is 3. The highest BCUT2D eigenvalue weighted by Gasteiger charge is 2.32. The summed E-state index contributed by atoms with van der Waals surface area (Å²) in [6, 6.07) is 17.3. The van der Waals surface area contributed by atoms with E-state index >= 15 is 0 Å². The molecule has 3 aromatic rings. The Balaban J connectivity index is 1.43. The Morgan fingerprint density at radius 2 is 1.53 bits per heavy atom. The average molecular weight is 462 g/mol. The fourth-order valence-corrected chi connectivity index (χ4v) is 4.27. The topological polar surface area (TPSA) is 60.9 Å². The third-order valence-corrected chi connectivity index (χ3v) is 6.12. The molecule has 1 aliphatic heterocycles. The molecule has 0 atom stereocenters. The Morgan fingerprint density at radius 1 is 0.882 bits per heavy atom. The van der Waals surface area contributed by atoms with Crippen molar-refractivity contribution in [3.8, 4) is 0 Å². The Labute approximate surface area is 198 Å². The first-order valence-electron chi connectivity index (χ1n) is 11.4. The fourth-order valence-electron chi connectivity index (χ4n) is 4.27. The second kappa shape index (κ2) is 10.1. The molecule has 34 heavy (non-hydrogen) atoms. The monoisotopic (exact) mass is 461 g/mol. The van der Waals surface area contributed by atoms with Gasteiger partial charge in [-0.1, -0.05) is 42.5 Å². The van der Waals surface area contributed by atoms with Crippen LogP contribution < -0.4 is 0 Å². The maximum absolute atomic E-state index is 14.2. The molecular weight excluding hydrogens is 433 g/mol. The molecular formula is C27H28FN3O3. The summed E-state index contributed by atoms with van der Waals surface area (Å²) in [5, 5.41) is 1.54. The van der Waals surface area contributed by atoms with Gasteiger partial charge in [0.1, 0.15) is 5.82 Å². The first kappa shape index (κ1) is 23.6. The van der Waals surface area contributed by atoms with Crippen molar-refractivity contribution in [2.45, 2.75) is 19.4 Å². The summed E-state index contributed by atoms with van der Waals surface area (Å²) >= 11 is 0. The zero-order valence-electron chi connectivity index (χ0n) is 19.5. The van der Waals surface area contributed by atoms with Gasteiger partial charge >= 0.3 is 0 Å². The Hall–Kier alpha value is -3.58. The molecule has 0 fully saturated rings. The van der Waals surface area contributed by atoms with E-state index in [0.717, 1.165) is 5.39 Å². The Bertz CT molecular complexity index is 1190. The van der Waals surface area contributed by atoms with Gasteiger partial charge in [0.25, 0.3) is 11.8 Å². The number of halogens is 1. The summed E-state index contributed by atoms with van der Waals surface area (Å²) in [6.07, 6.45) is 0.495. The number of hydrogen-bond donors (Lipinski definition) is 0. The highest BCUT2D eigenvalue weighted by Crippen LogP contribution is 2.30. The number of carbonyl (C=O) groups is 3. The van der Waals surface area contributed by atoms with Gasteiger partial charge in [0.2, 0.25) is 5.91 Å². The lowest BCUT2D eigenvalue weighted by molar-refractivity contribution is -0.132. The van der Waals surface area contributed by atoms with Gasteiger partial charge in [0.15, 0.2) is 0 Å². The summed E-state index contributed by atoms with van der Waals surface area (Å²) < 4.78 is 14.2. The maximum atomic E-state index is 14.2. The normalized spacial score (nSPS) is 13.1. The van der Waals surface area contributed by atoms with Crippen LogP contribution in [0.2, 0.25) is 0 Å². The van der Waals surface area contributed by atoms with Crippen LogP contribution in [-0.2, 0) is 11.3 Å². The van der Waals surface area contributed by atoms with Crippen molar-refractivity contribution in [3.05, 3.63) is 83.2 Å². The van der Waals surface area contributed by atoms with Gasteiger partial charge in [-0.05, 0) is 44.1 Å². The van der Waals surface area contributed by atoms with E-state index < -0.39 is 0 Å². The van der Waals surface area contributed by atoms with Gasteiger partial charge in [0.05, 0.1) is 0 Å². The molecule has 0 N–H and O–H groups in total. The minimum absolute atomic E-state index is 0.135. The van der Waals surface area contributed by atoms with E-state index in [1.165, 1.54) is 11.0 Å². The number of imide groups is 1. The first-order valence-corrected chi connectivity index (χ1v) is 11.4. The van der Waals surface area contributed by atoms with E-state index in [1.54, 1.807) is 35.2 Å². The van der Waals surface area contributed by atoms with E-state index in [1.807, 2.05) is 43.3 Å². The zero-order chi connectivity index (χ0) is 24.2. The van der Waals surface area contributed by atoms with Crippen LogP contribution in [0.25, 0.3) is 10.8 Å². The molecule has 3 amide bonds. The highest BCUT2D eigenvalue weighted by molar-refractivity contribution is 6.25. The fraction of sp³-hybridized carbons (Fsp3) is 0.296. The van der Waals surface area contributed by atoms with Crippen LogP contribution in [0.5, 0.6) is 0 Å². The summed E-state index contributed by atoms with van der Waals surface area (Å²) in [5.41, 5.74) is 1.47. The summed E-state index contributed by atoms with van der Waals surface area (Å²) in [6.45, 7) is 1.42. The van der Waals surface area contributed by atoms with Crippen LogP contribution in [0, 0.1) is 5.82 Å². The lowest BCUT2D eigenvalue weighted by Crippen LogP contribution is -2.41. The number of likely N-dealkylation sites (N-methyl/N-ethyl adjacent to an activating group) is 1. The largest absolute Gasteiger partial charge is 0.337 e. The number of rotatable bonds is 9. The highest BCUT2D eigenvalue weighted by atomic mass is 19.1. The molecule has 1 heterocycles. The van der Waals surface area contributed by atoms with Crippen LogP contribution in [0.3, 0.4) is 0 Å². The zero-order valence-corrected chi connectivity index (χ0v) is 19.5. The molecule has 0 unspecified atom stereocenters. The predicted molar refractivity (Wildman–Crippen MR) is 129 cm³/mol. The van der Waals surface area contributed by atoms with Crippen LogP contribution in [0.4, 0.5) is 4.39 Å². The maximum Gasteiger partial charge on any atom is 0.261 e. The summed E-state index contributed by atoms with van der Waals surface area (Å²) in [5.74, 6) is -1.15. The van der Waals surface area contributed by atoms with Gasteiger partial charge < -0.3 is 9.80 Å². The van der Waals surface area contributed by atoms with Crippen molar-refractivity contribution in [1.29, 1.82) is 0 Å². The SMILES string of the molecule is CN(C)CCN(Cc1ccccc1F)C(=O)CCCN1C(=O)c2cccc3cccc(c23)C1=O. The molecule has 6 nitrogen and oxygen atoms in total. The number of amides is 3. The Morgan fingerprint density at radius 3 is 2.15 bits per heavy atom. The second-order valence-corrected chi connectivity index (χ2v) is 8.78. The van der Waals surface area contributed by atoms with Gasteiger partial charge in [0, 0.05) is 54.7 Å². The molecule has 0 radical (unpaired) electrons. The summed E-state index contributed by atoms with van der Waals surface area (Å²) in [7, 11) is 3.83. The molecule has 0 saturated heterocycles. The minimum atomic E-state index is -0.345. The molecule has 7 heteroatoms. The van der Waals surface area contributed by atoms with Crippen molar-refractivity contribution in [2.75, 3.05) is 33.7 Å². The summed E-state index contributed by atoms with van der Waals surface area (Å²) in [4.78, 5) is 43.9. The number of carbonyl (C=O) groups excluding carboxylic acids is 3. The van der Waals surface area contributed by atoms with Crippen molar-refractivity contribution < 1.29 is 18.8 Å². The molecule has 0 aliphatic carbocycles. The van der Waals surface area contributed by atoms with Crippen LogP contribution in [0.15, 0.2) is 60.7 Å². The van der Waals surface area contributed by atoms with Crippen LogP contribution in [-0.4, -0.2) is 66.2 Å². The van der Waals surface area contributed by atoms with Gasteiger partial charge in [-0.25, -0.2) is 4.39 Å². The predicted octanol–water partition coefficient (Wildman–Crippen LogP) is 3.95. The van der Waals surface area contributed by atoms with Gasteiger partial charge in [-0.3, -0.25) is 19.3 Å². The van der Waals surface area contributed by atoms with Gasteiger partial charge in [-0.2, -0.15) is 0 Å². The third kappa shape index (κ3) is 4.84. The molecule has 3 aromatic carbocycles. The molecule has 0 aromatic heterocycles. The van der Waals surface area contributed by atoms with Crippen molar-refractivity contribution in [3.63, 3.8) is 0 Å². The van der Waals surface area contributed by atoms with E-state index in [2.05, 4.69) is 0 Å². The first-order chi connectivity index (χ1) is 16.4. The van der Waals surface area contributed by atoms with E-state index in [4.69, 9.17) is 0 Å². The number of hydrogen-bond acceptors (Lipinski definition) is 4. The van der Waals surface area contributed by atoms with E-state index in [0.29, 0.717) is 41.6 Å². The van der Waals surface area contributed by atoms with Gasteiger partial charge in [-0.15, -0.1) is 0 Å². The number of benzene rings is 3. The molecule has 4 rings (SSSR count). The average Bonchev–Trinajstić information content (AvgIpc) is 2.83. The lowest BCUT2D eigenvalue weighted by Gasteiger charge is -2.28. The molecule has 0 saturated carbocycles. The molecule has 0 spiro atoms. The Kier molecular flexibility index (Phi) is 7.03. The second-order valence-electron chi connectivity index (χ2n) is 8.78. The van der Waals surface area contributed by atoms with E-state index in [9.17, 15) is 18.8 Å². The lowest BCUT2D eigenvalue weighted by atomic mass is 9.94. The third-order valence-electron chi connectivity index (χ3n) is 6.12. The molecule has 0 bridgehead atoms. The van der Waals surface area contributed by atoms with Crippen molar-refractivity contribution in [2.24, 2.45) is 0 Å². The standard InChI is InChI=1S/C27H28FN3O3/c1-29(2)16-17-30(18-20-8-3-4-13-23(20)28)24(32)14-7-15-31-26(33)21-11-5-9-19-10-6-12-22(25(19)21)27(31)34/h3-6,8-13H,7,14-18H2,1-2H3. The minimum Gasteiger partial charge on any atom is -0.337 e. The van der Waals surface area contributed by atoms with Crippen molar-refractivity contribution >= 4 is 28.5 Å². The van der Waals surface area contributed by atoms with Crippen molar-refractivity contribution in [1.82, 2.24) is 14.7 Å². The smallest absolute Gasteiger partial charge is 0.261 e. The molecule has 176 valence electrons.